The molecule has 0 aromatic carbocycles. The Morgan fingerprint density at radius 3 is 2.88 bits per heavy atom. The van der Waals surface area contributed by atoms with E-state index in [9.17, 15) is 0 Å². The number of hydrogen-bond acceptors (Lipinski definition) is 6. The summed E-state index contributed by atoms with van der Waals surface area (Å²) in [6.07, 6.45) is 9.01. The molecule has 1 aliphatic heterocycles. The summed E-state index contributed by atoms with van der Waals surface area (Å²) in [7, 11) is 1.94. The van der Waals surface area contributed by atoms with E-state index in [-0.39, 0.29) is 6.10 Å². The normalized spacial score (nSPS) is 18.4. The Morgan fingerprint density at radius 2 is 2.08 bits per heavy atom. The second-order valence-corrected chi connectivity index (χ2v) is 6.19. The first kappa shape index (κ1) is 15.9. The fourth-order valence-electron chi connectivity index (χ4n) is 3.06. The third-order valence-corrected chi connectivity index (χ3v) is 4.27. The second kappa shape index (κ2) is 7.08. The van der Waals surface area contributed by atoms with Gasteiger partial charge in [-0.3, -0.25) is 9.58 Å². The lowest BCUT2D eigenvalue weighted by molar-refractivity contribution is -0.0349. The van der Waals surface area contributed by atoms with Crippen LogP contribution in [0, 0.1) is 0 Å². The van der Waals surface area contributed by atoms with Gasteiger partial charge in [-0.15, -0.1) is 0 Å². The van der Waals surface area contributed by atoms with Gasteiger partial charge in [0.25, 0.3) is 0 Å². The minimum atomic E-state index is -0.0324. The predicted molar refractivity (Wildman–Crippen MR) is 92.4 cm³/mol. The van der Waals surface area contributed by atoms with Crippen molar-refractivity contribution >= 4 is 0 Å². The standard InChI is InChI=1S/C18H20N6O/c1-23-10-14(7-21-23)11-24-5-6-25-18(12-24)17-4-2-3-16(22-17)15-8-19-13-20-9-15/h2-4,7-10,13,18H,5-6,11-12H2,1H3/t18-/m0/s1. The first-order chi connectivity index (χ1) is 12.3. The third kappa shape index (κ3) is 3.72. The van der Waals surface area contributed by atoms with E-state index in [0.717, 1.165) is 36.6 Å². The molecule has 0 N–H and O–H groups in total. The Labute approximate surface area is 146 Å². The van der Waals surface area contributed by atoms with Gasteiger partial charge in [0.05, 0.1) is 24.2 Å². The van der Waals surface area contributed by atoms with Crippen molar-refractivity contribution in [3.8, 4) is 11.3 Å². The van der Waals surface area contributed by atoms with E-state index >= 15 is 0 Å². The zero-order valence-corrected chi connectivity index (χ0v) is 14.1. The van der Waals surface area contributed by atoms with Crippen molar-refractivity contribution < 1.29 is 4.74 Å². The summed E-state index contributed by atoms with van der Waals surface area (Å²) >= 11 is 0. The molecule has 4 rings (SSSR count). The van der Waals surface area contributed by atoms with E-state index in [1.807, 2.05) is 36.1 Å². The van der Waals surface area contributed by atoms with Crippen LogP contribution in [0.25, 0.3) is 11.3 Å². The molecule has 128 valence electrons. The highest BCUT2D eigenvalue weighted by Crippen LogP contribution is 2.24. The molecular formula is C18H20N6O. The highest BCUT2D eigenvalue weighted by atomic mass is 16.5. The van der Waals surface area contributed by atoms with Crippen LogP contribution in [0.3, 0.4) is 0 Å². The fraction of sp³-hybridized carbons (Fsp3) is 0.333. The Morgan fingerprint density at radius 1 is 1.20 bits per heavy atom. The summed E-state index contributed by atoms with van der Waals surface area (Å²) in [5, 5.41) is 4.24. The van der Waals surface area contributed by atoms with Crippen LogP contribution in [-0.4, -0.2) is 49.3 Å². The number of aromatic nitrogens is 5. The smallest absolute Gasteiger partial charge is 0.115 e. The number of rotatable bonds is 4. The van der Waals surface area contributed by atoms with Gasteiger partial charge in [0.2, 0.25) is 0 Å². The minimum Gasteiger partial charge on any atom is -0.369 e. The number of nitrogens with zero attached hydrogens (tertiary/aromatic N) is 6. The maximum absolute atomic E-state index is 5.97. The molecule has 1 saturated heterocycles. The van der Waals surface area contributed by atoms with Crippen LogP contribution in [0.2, 0.25) is 0 Å². The molecule has 0 saturated carbocycles. The first-order valence-electron chi connectivity index (χ1n) is 8.32. The van der Waals surface area contributed by atoms with Crippen LogP contribution in [0.4, 0.5) is 0 Å². The van der Waals surface area contributed by atoms with Crippen molar-refractivity contribution in [1.82, 2.24) is 29.6 Å². The first-order valence-corrected chi connectivity index (χ1v) is 8.32. The molecule has 1 fully saturated rings. The summed E-state index contributed by atoms with van der Waals surface area (Å²) in [6.45, 7) is 3.31. The van der Waals surface area contributed by atoms with Crippen LogP contribution in [-0.2, 0) is 18.3 Å². The number of pyridine rings is 1. The van der Waals surface area contributed by atoms with Crippen molar-refractivity contribution in [1.29, 1.82) is 0 Å². The van der Waals surface area contributed by atoms with Crippen LogP contribution in [0.5, 0.6) is 0 Å². The van der Waals surface area contributed by atoms with Gasteiger partial charge >= 0.3 is 0 Å². The SMILES string of the molecule is Cn1cc(CN2CCO[C@H](c3cccc(-c4cncnc4)n3)C2)cn1. The molecule has 1 aliphatic rings. The van der Waals surface area contributed by atoms with Gasteiger partial charge in [0.1, 0.15) is 12.4 Å². The van der Waals surface area contributed by atoms with E-state index < -0.39 is 0 Å². The number of ether oxygens (including phenoxy) is 1. The van der Waals surface area contributed by atoms with Gasteiger partial charge in [-0.1, -0.05) is 6.07 Å². The molecule has 3 aromatic heterocycles. The Balaban J connectivity index is 1.49. The molecule has 1 atom stereocenters. The Kier molecular flexibility index (Phi) is 4.49. The number of aryl methyl sites for hydroxylation is 1. The van der Waals surface area contributed by atoms with E-state index in [0.29, 0.717) is 6.61 Å². The Hall–Kier alpha value is -2.64. The van der Waals surface area contributed by atoms with E-state index in [1.165, 1.54) is 11.9 Å². The number of morpholine rings is 1. The molecular weight excluding hydrogens is 316 g/mol. The maximum Gasteiger partial charge on any atom is 0.115 e. The molecule has 0 unspecified atom stereocenters. The highest BCUT2D eigenvalue weighted by Gasteiger charge is 2.23. The van der Waals surface area contributed by atoms with Crippen molar-refractivity contribution in [2.75, 3.05) is 19.7 Å². The van der Waals surface area contributed by atoms with Crippen LogP contribution in [0.15, 0.2) is 49.3 Å². The van der Waals surface area contributed by atoms with Crippen molar-refractivity contribution in [2.24, 2.45) is 7.05 Å². The van der Waals surface area contributed by atoms with Crippen LogP contribution in [0.1, 0.15) is 17.4 Å². The van der Waals surface area contributed by atoms with Gasteiger partial charge in [0, 0.05) is 56.4 Å². The molecule has 3 aromatic rings. The molecule has 0 radical (unpaired) electrons. The molecule has 0 aliphatic carbocycles. The quantitative estimate of drug-likeness (QED) is 0.724. The summed E-state index contributed by atoms with van der Waals surface area (Å²) < 4.78 is 7.81. The topological polar surface area (TPSA) is 69.0 Å². The van der Waals surface area contributed by atoms with Gasteiger partial charge in [0.15, 0.2) is 0 Å². The largest absolute Gasteiger partial charge is 0.369 e. The van der Waals surface area contributed by atoms with Crippen molar-refractivity contribution in [3.63, 3.8) is 0 Å². The summed E-state index contributed by atoms with van der Waals surface area (Å²) in [4.78, 5) is 15.3. The van der Waals surface area contributed by atoms with E-state index in [4.69, 9.17) is 9.72 Å². The van der Waals surface area contributed by atoms with Gasteiger partial charge in [-0.2, -0.15) is 5.10 Å². The molecule has 0 amide bonds. The second-order valence-electron chi connectivity index (χ2n) is 6.19. The molecule has 0 bridgehead atoms. The maximum atomic E-state index is 5.97. The highest BCUT2D eigenvalue weighted by molar-refractivity contribution is 5.56. The molecule has 7 nitrogen and oxygen atoms in total. The van der Waals surface area contributed by atoms with Gasteiger partial charge < -0.3 is 4.74 Å². The van der Waals surface area contributed by atoms with Gasteiger partial charge in [-0.05, 0) is 12.1 Å². The van der Waals surface area contributed by atoms with E-state index in [2.05, 4.69) is 26.2 Å². The summed E-state index contributed by atoms with van der Waals surface area (Å²) in [5.74, 6) is 0. The fourth-order valence-corrected chi connectivity index (χ4v) is 3.06. The lowest BCUT2D eigenvalue weighted by atomic mass is 10.1. The Bertz CT molecular complexity index is 834. The average molecular weight is 336 g/mol. The molecule has 25 heavy (non-hydrogen) atoms. The van der Waals surface area contributed by atoms with Gasteiger partial charge in [-0.25, -0.2) is 15.0 Å². The van der Waals surface area contributed by atoms with Crippen molar-refractivity contribution in [2.45, 2.75) is 12.6 Å². The van der Waals surface area contributed by atoms with Crippen molar-refractivity contribution in [3.05, 3.63) is 60.6 Å². The predicted octanol–water partition coefficient (Wildman–Crippen LogP) is 1.85. The number of hydrogen-bond donors (Lipinski definition) is 0. The minimum absolute atomic E-state index is 0.0324. The van der Waals surface area contributed by atoms with Crippen LogP contribution >= 0.6 is 0 Å². The molecule has 4 heterocycles. The summed E-state index contributed by atoms with van der Waals surface area (Å²) in [6, 6.07) is 6.00. The molecule has 0 spiro atoms. The van der Waals surface area contributed by atoms with E-state index in [1.54, 1.807) is 12.4 Å². The monoisotopic (exact) mass is 336 g/mol. The lowest BCUT2D eigenvalue weighted by Gasteiger charge is -2.32. The zero-order valence-electron chi connectivity index (χ0n) is 14.1. The van der Waals surface area contributed by atoms with Crippen LogP contribution < -0.4 is 0 Å². The lowest BCUT2D eigenvalue weighted by Crippen LogP contribution is -2.38. The summed E-state index contributed by atoms with van der Waals surface area (Å²) in [5.41, 5.74) is 3.93. The third-order valence-electron chi connectivity index (χ3n) is 4.27. The average Bonchev–Trinajstić information content (AvgIpc) is 3.07. The molecule has 7 heteroatoms. The zero-order chi connectivity index (χ0) is 17.1.